The number of rotatable bonds is 6. The molecule has 1 aliphatic heterocycles. The van der Waals surface area contributed by atoms with Gasteiger partial charge in [0.05, 0.1) is 17.8 Å². The van der Waals surface area contributed by atoms with Gasteiger partial charge in [-0.1, -0.05) is 30.3 Å². The highest BCUT2D eigenvalue weighted by atomic mass is 32.2. The van der Waals surface area contributed by atoms with E-state index in [0.717, 1.165) is 53.5 Å². The molecule has 0 aliphatic carbocycles. The van der Waals surface area contributed by atoms with Crippen molar-refractivity contribution in [2.45, 2.75) is 33.7 Å². The second kappa shape index (κ2) is 9.71. The van der Waals surface area contributed by atoms with E-state index in [4.69, 9.17) is 0 Å². The summed E-state index contributed by atoms with van der Waals surface area (Å²) in [5, 5.41) is 7.81. The minimum absolute atomic E-state index is 0.00608. The van der Waals surface area contributed by atoms with Crippen molar-refractivity contribution >= 4 is 23.4 Å². The Balaban J connectivity index is 1.46. The summed E-state index contributed by atoms with van der Waals surface area (Å²) in [5.41, 5.74) is 7.13. The predicted octanol–water partition coefficient (Wildman–Crippen LogP) is 4.53. The Morgan fingerprint density at radius 2 is 1.81 bits per heavy atom. The first-order valence-corrected chi connectivity index (χ1v) is 12.0. The van der Waals surface area contributed by atoms with Crippen molar-refractivity contribution in [1.82, 2.24) is 14.7 Å². The van der Waals surface area contributed by atoms with Crippen LogP contribution in [0, 0.1) is 20.8 Å². The first-order chi connectivity index (χ1) is 15.0. The lowest BCUT2D eigenvalue weighted by molar-refractivity contribution is -0.115. The number of hydrogen-bond donors (Lipinski definition) is 1. The molecule has 0 unspecified atom stereocenters. The molecule has 2 heterocycles. The van der Waals surface area contributed by atoms with Gasteiger partial charge in [0.25, 0.3) is 0 Å². The maximum atomic E-state index is 12.9. The largest absolute Gasteiger partial charge is 0.326 e. The fourth-order valence-electron chi connectivity index (χ4n) is 4.03. The zero-order valence-corrected chi connectivity index (χ0v) is 19.3. The van der Waals surface area contributed by atoms with Crippen LogP contribution in [0.2, 0.25) is 0 Å². The highest BCUT2D eigenvalue weighted by molar-refractivity contribution is 7.99. The summed E-state index contributed by atoms with van der Waals surface area (Å²) in [5.74, 6) is 2.39. The molecule has 1 saturated heterocycles. The number of anilines is 1. The van der Waals surface area contributed by atoms with Crippen LogP contribution in [0.1, 0.15) is 28.1 Å². The number of nitrogens with zero attached hydrogens (tertiary/aromatic N) is 3. The van der Waals surface area contributed by atoms with Gasteiger partial charge in [-0.15, -0.1) is 0 Å². The normalized spacial score (nSPS) is 14.5. The molecule has 162 valence electrons. The van der Waals surface area contributed by atoms with Crippen LogP contribution in [0.5, 0.6) is 0 Å². The number of para-hydroxylation sites is 1. The van der Waals surface area contributed by atoms with Gasteiger partial charge in [-0.3, -0.25) is 9.69 Å². The van der Waals surface area contributed by atoms with E-state index in [-0.39, 0.29) is 5.91 Å². The Bertz CT molecular complexity index is 1050. The van der Waals surface area contributed by atoms with Crippen LogP contribution in [-0.2, 0) is 17.8 Å². The third-order valence-corrected chi connectivity index (χ3v) is 6.81. The van der Waals surface area contributed by atoms with E-state index in [9.17, 15) is 4.79 Å². The molecule has 31 heavy (non-hydrogen) atoms. The fraction of sp³-hybridized carbons (Fsp3) is 0.360. The quantitative estimate of drug-likeness (QED) is 0.619. The zero-order chi connectivity index (χ0) is 21.8. The molecule has 0 bridgehead atoms. The van der Waals surface area contributed by atoms with Crippen LogP contribution >= 0.6 is 11.8 Å². The lowest BCUT2D eigenvalue weighted by atomic mass is 10.1. The number of carbonyl (C=O) groups is 1. The molecule has 1 fully saturated rings. The van der Waals surface area contributed by atoms with Crippen LogP contribution in [0.25, 0.3) is 5.69 Å². The van der Waals surface area contributed by atoms with Gasteiger partial charge >= 0.3 is 0 Å². The SMILES string of the molecule is Cc1ccc(CN2CCSCC2)cc1NC(=O)Cc1c(C)nn(-c2ccccc2)c1C. The monoisotopic (exact) mass is 434 g/mol. The zero-order valence-electron chi connectivity index (χ0n) is 18.5. The second-order valence-corrected chi connectivity index (χ2v) is 9.38. The molecule has 0 spiro atoms. The van der Waals surface area contributed by atoms with Gasteiger partial charge in [0.2, 0.25) is 5.91 Å². The fourth-order valence-corrected chi connectivity index (χ4v) is 5.00. The molecule has 2 aromatic carbocycles. The van der Waals surface area contributed by atoms with E-state index in [0.29, 0.717) is 6.42 Å². The average molecular weight is 435 g/mol. The molecule has 4 rings (SSSR count). The van der Waals surface area contributed by atoms with Gasteiger partial charge in [0, 0.05) is 48.1 Å². The van der Waals surface area contributed by atoms with Crippen molar-refractivity contribution in [2.24, 2.45) is 0 Å². The summed E-state index contributed by atoms with van der Waals surface area (Å²) in [6.45, 7) is 9.23. The Morgan fingerprint density at radius 1 is 1.06 bits per heavy atom. The van der Waals surface area contributed by atoms with Crippen LogP contribution in [0.3, 0.4) is 0 Å². The van der Waals surface area contributed by atoms with E-state index in [1.165, 1.54) is 17.1 Å². The predicted molar refractivity (Wildman–Crippen MR) is 129 cm³/mol. The van der Waals surface area contributed by atoms with Crippen molar-refractivity contribution in [3.05, 3.63) is 76.6 Å². The molecule has 0 radical (unpaired) electrons. The van der Waals surface area contributed by atoms with Crippen molar-refractivity contribution in [1.29, 1.82) is 0 Å². The van der Waals surface area contributed by atoms with Gasteiger partial charge in [0.1, 0.15) is 0 Å². The first kappa shape index (κ1) is 21.7. The van der Waals surface area contributed by atoms with E-state index >= 15 is 0 Å². The number of amides is 1. The number of aryl methyl sites for hydroxylation is 2. The van der Waals surface area contributed by atoms with E-state index in [2.05, 4.69) is 33.5 Å². The molecule has 0 atom stereocenters. The molecule has 6 heteroatoms. The lowest BCUT2D eigenvalue weighted by Gasteiger charge is -2.26. The molecule has 3 aromatic rings. The maximum Gasteiger partial charge on any atom is 0.228 e. The molecule has 1 aromatic heterocycles. The van der Waals surface area contributed by atoms with Crippen LogP contribution < -0.4 is 5.32 Å². The number of hydrogen-bond acceptors (Lipinski definition) is 4. The second-order valence-electron chi connectivity index (χ2n) is 8.16. The van der Waals surface area contributed by atoms with Gasteiger partial charge in [-0.2, -0.15) is 16.9 Å². The topological polar surface area (TPSA) is 50.2 Å². The molecule has 1 N–H and O–H groups in total. The number of benzene rings is 2. The summed E-state index contributed by atoms with van der Waals surface area (Å²) in [4.78, 5) is 15.4. The van der Waals surface area contributed by atoms with Crippen molar-refractivity contribution in [3.63, 3.8) is 0 Å². The molecular formula is C25H30N4OS. The van der Waals surface area contributed by atoms with E-state index < -0.39 is 0 Å². The Hall–Kier alpha value is -2.57. The van der Waals surface area contributed by atoms with Crippen molar-refractivity contribution in [3.8, 4) is 5.69 Å². The van der Waals surface area contributed by atoms with Gasteiger partial charge in [-0.25, -0.2) is 4.68 Å². The number of carbonyl (C=O) groups excluding carboxylic acids is 1. The third kappa shape index (κ3) is 5.20. The minimum Gasteiger partial charge on any atom is -0.326 e. The van der Waals surface area contributed by atoms with E-state index in [1.54, 1.807) is 0 Å². The van der Waals surface area contributed by atoms with Gasteiger partial charge in [0.15, 0.2) is 0 Å². The summed E-state index contributed by atoms with van der Waals surface area (Å²) >= 11 is 2.02. The summed E-state index contributed by atoms with van der Waals surface area (Å²) in [6.07, 6.45) is 0.317. The Labute approximate surface area is 188 Å². The van der Waals surface area contributed by atoms with Gasteiger partial charge < -0.3 is 5.32 Å². The molecule has 5 nitrogen and oxygen atoms in total. The van der Waals surface area contributed by atoms with Crippen LogP contribution in [0.4, 0.5) is 5.69 Å². The average Bonchev–Trinajstić information content (AvgIpc) is 3.05. The first-order valence-electron chi connectivity index (χ1n) is 10.8. The molecule has 0 saturated carbocycles. The molecule has 1 amide bonds. The molecular weight excluding hydrogens is 404 g/mol. The highest BCUT2D eigenvalue weighted by Gasteiger charge is 2.17. The standard InChI is InChI=1S/C25H30N4OS/c1-18-9-10-21(17-28-11-13-31-14-12-28)15-24(18)26-25(30)16-23-19(2)27-29(20(23)3)22-7-5-4-6-8-22/h4-10,15H,11-14,16-17H2,1-3H3,(H,26,30). The van der Waals surface area contributed by atoms with E-state index in [1.807, 2.05) is 67.5 Å². The smallest absolute Gasteiger partial charge is 0.228 e. The van der Waals surface area contributed by atoms with Crippen molar-refractivity contribution in [2.75, 3.05) is 29.9 Å². The van der Waals surface area contributed by atoms with Crippen molar-refractivity contribution < 1.29 is 4.79 Å². The highest BCUT2D eigenvalue weighted by Crippen LogP contribution is 2.22. The number of thioether (sulfide) groups is 1. The Kier molecular flexibility index (Phi) is 6.78. The summed E-state index contributed by atoms with van der Waals surface area (Å²) < 4.78 is 1.92. The number of nitrogens with one attached hydrogen (secondary N) is 1. The summed E-state index contributed by atoms with van der Waals surface area (Å²) in [6, 6.07) is 16.4. The van der Waals surface area contributed by atoms with Crippen LogP contribution in [-0.4, -0.2) is 45.2 Å². The summed E-state index contributed by atoms with van der Waals surface area (Å²) in [7, 11) is 0. The van der Waals surface area contributed by atoms with Crippen LogP contribution in [0.15, 0.2) is 48.5 Å². The number of aromatic nitrogens is 2. The Morgan fingerprint density at radius 3 is 2.55 bits per heavy atom. The lowest BCUT2D eigenvalue weighted by Crippen LogP contribution is -2.32. The van der Waals surface area contributed by atoms with Gasteiger partial charge in [-0.05, 0) is 50.1 Å². The minimum atomic E-state index is -0.00608. The maximum absolute atomic E-state index is 12.9. The molecule has 1 aliphatic rings. The third-order valence-electron chi connectivity index (χ3n) is 5.87.